The van der Waals surface area contributed by atoms with Crippen molar-refractivity contribution < 1.29 is 8.42 Å². The van der Waals surface area contributed by atoms with Crippen molar-refractivity contribution in [1.82, 2.24) is 0 Å². The van der Waals surface area contributed by atoms with Crippen LogP contribution in [0.5, 0.6) is 0 Å². The molecule has 0 aromatic heterocycles. The van der Waals surface area contributed by atoms with Gasteiger partial charge < -0.3 is 0 Å². The van der Waals surface area contributed by atoms with Crippen molar-refractivity contribution in [2.45, 2.75) is 25.2 Å². The Bertz CT molecular complexity index is 747. The summed E-state index contributed by atoms with van der Waals surface area (Å²) in [5.41, 5.74) is 3.49. The van der Waals surface area contributed by atoms with Crippen LogP contribution in [0.1, 0.15) is 23.6 Å². The maximum atomic E-state index is 12.4. The van der Waals surface area contributed by atoms with Gasteiger partial charge in [-0.05, 0) is 48.7 Å². The number of hydrogen-bond donors (Lipinski definition) is 1. The number of anilines is 1. The predicted molar refractivity (Wildman–Crippen MR) is 87.9 cm³/mol. The highest BCUT2D eigenvalue weighted by Crippen LogP contribution is 2.23. The van der Waals surface area contributed by atoms with E-state index in [1.54, 1.807) is 36.4 Å². The van der Waals surface area contributed by atoms with E-state index in [9.17, 15) is 8.42 Å². The predicted octanol–water partition coefficient (Wildman–Crippen LogP) is 4.00. The molecule has 0 atom stereocenters. The quantitative estimate of drug-likeness (QED) is 0.907. The van der Waals surface area contributed by atoms with E-state index < -0.39 is 10.0 Å². The number of rotatable bonds is 5. The Labute approximate surface area is 126 Å². The van der Waals surface area contributed by atoms with Crippen LogP contribution in [0.2, 0.25) is 0 Å². The number of aryl methyl sites for hydroxylation is 2. The van der Waals surface area contributed by atoms with Crippen LogP contribution in [-0.4, -0.2) is 8.42 Å². The van der Waals surface area contributed by atoms with Crippen molar-refractivity contribution in [3.05, 3.63) is 65.7 Å². The molecule has 0 unspecified atom stereocenters. The van der Waals surface area contributed by atoms with Gasteiger partial charge in [-0.25, -0.2) is 8.42 Å². The first-order chi connectivity index (χ1) is 9.96. The molecule has 0 bridgehead atoms. The van der Waals surface area contributed by atoms with Gasteiger partial charge in [0.05, 0.1) is 10.6 Å². The minimum Gasteiger partial charge on any atom is -0.279 e. The number of sulfonamides is 1. The molecule has 0 aliphatic heterocycles. The summed E-state index contributed by atoms with van der Waals surface area (Å²) in [5, 5.41) is 0. The summed E-state index contributed by atoms with van der Waals surface area (Å²) in [7, 11) is -3.58. The van der Waals surface area contributed by atoms with Gasteiger partial charge in [-0.3, -0.25) is 4.72 Å². The van der Waals surface area contributed by atoms with Gasteiger partial charge in [0.25, 0.3) is 10.0 Å². The Kier molecular flexibility index (Phi) is 4.48. The van der Waals surface area contributed by atoms with Crippen molar-refractivity contribution in [3.8, 4) is 0 Å². The molecule has 0 spiro atoms. The van der Waals surface area contributed by atoms with Gasteiger partial charge in [-0.2, -0.15) is 0 Å². The molecule has 0 aliphatic carbocycles. The third kappa shape index (κ3) is 3.52. The second-order valence-corrected chi connectivity index (χ2v) is 6.58. The summed E-state index contributed by atoms with van der Waals surface area (Å²) in [6.45, 7) is 7.72. The lowest BCUT2D eigenvalue weighted by Gasteiger charge is -2.12. The van der Waals surface area contributed by atoms with Crippen LogP contribution < -0.4 is 4.72 Å². The van der Waals surface area contributed by atoms with Crippen LogP contribution >= 0.6 is 0 Å². The normalized spacial score (nSPS) is 11.1. The molecule has 4 heteroatoms. The highest BCUT2D eigenvalue weighted by molar-refractivity contribution is 7.92. The Hall–Kier alpha value is -2.07. The van der Waals surface area contributed by atoms with Crippen molar-refractivity contribution in [3.63, 3.8) is 0 Å². The van der Waals surface area contributed by atoms with Crippen LogP contribution in [-0.2, 0) is 16.4 Å². The van der Waals surface area contributed by atoms with Crippen LogP contribution in [0, 0.1) is 6.92 Å². The lowest BCUT2D eigenvalue weighted by molar-refractivity contribution is 0.601. The van der Waals surface area contributed by atoms with Crippen LogP contribution in [0.15, 0.2) is 53.9 Å². The Morgan fingerprint density at radius 2 is 1.81 bits per heavy atom. The lowest BCUT2D eigenvalue weighted by Crippen LogP contribution is -2.13. The molecule has 0 amide bonds. The molecule has 110 valence electrons. The maximum Gasteiger partial charge on any atom is 0.261 e. The number of hydrogen-bond acceptors (Lipinski definition) is 2. The molecule has 3 nitrogen and oxygen atoms in total. The topological polar surface area (TPSA) is 46.2 Å². The minimum atomic E-state index is -3.58. The minimum absolute atomic E-state index is 0.252. The summed E-state index contributed by atoms with van der Waals surface area (Å²) in [5.74, 6) is 0. The van der Waals surface area contributed by atoms with Crippen molar-refractivity contribution in [2.24, 2.45) is 0 Å². The molecular weight excluding hydrogens is 282 g/mol. The van der Waals surface area contributed by atoms with Crippen LogP contribution in [0.3, 0.4) is 0 Å². The molecule has 0 saturated heterocycles. The first kappa shape index (κ1) is 15.3. The number of benzene rings is 2. The van der Waals surface area contributed by atoms with E-state index in [1.807, 2.05) is 19.1 Å². The summed E-state index contributed by atoms with van der Waals surface area (Å²) < 4.78 is 27.4. The zero-order valence-corrected chi connectivity index (χ0v) is 13.1. The standard InChI is InChI=1S/C17H19NO2S/c1-4-14-8-11-17(15(5-2)12-14)18-21(19,20)16-9-6-13(3)7-10-16/h5-12,18H,2,4H2,1,3H3. The third-order valence-corrected chi connectivity index (χ3v) is 4.70. The molecule has 0 fully saturated rings. The maximum absolute atomic E-state index is 12.4. The summed E-state index contributed by atoms with van der Waals surface area (Å²) in [4.78, 5) is 0.252. The van der Waals surface area contributed by atoms with Crippen molar-refractivity contribution >= 4 is 21.8 Å². The van der Waals surface area contributed by atoms with E-state index in [2.05, 4.69) is 18.2 Å². The molecular formula is C17H19NO2S. The molecule has 1 N–H and O–H groups in total. The van der Waals surface area contributed by atoms with Gasteiger partial charge in [-0.1, -0.05) is 43.3 Å². The third-order valence-electron chi connectivity index (χ3n) is 3.32. The summed E-state index contributed by atoms with van der Waals surface area (Å²) in [6, 6.07) is 12.4. The first-order valence-corrected chi connectivity index (χ1v) is 8.29. The van der Waals surface area contributed by atoms with E-state index in [0.29, 0.717) is 5.69 Å². The largest absolute Gasteiger partial charge is 0.279 e. The molecule has 2 aromatic rings. The number of nitrogens with one attached hydrogen (secondary N) is 1. The van der Waals surface area contributed by atoms with Crippen molar-refractivity contribution in [1.29, 1.82) is 0 Å². The SMILES string of the molecule is C=Cc1cc(CC)ccc1NS(=O)(=O)c1ccc(C)cc1. The van der Waals surface area contributed by atoms with Crippen LogP contribution in [0.4, 0.5) is 5.69 Å². The summed E-state index contributed by atoms with van der Waals surface area (Å²) in [6.07, 6.45) is 2.55. The summed E-state index contributed by atoms with van der Waals surface area (Å²) >= 11 is 0. The highest BCUT2D eigenvalue weighted by Gasteiger charge is 2.15. The van der Waals surface area contributed by atoms with E-state index >= 15 is 0 Å². The van der Waals surface area contributed by atoms with Gasteiger partial charge in [0.2, 0.25) is 0 Å². The molecule has 0 saturated carbocycles. The zero-order chi connectivity index (χ0) is 15.5. The fourth-order valence-corrected chi connectivity index (χ4v) is 3.10. The van der Waals surface area contributed by atoms with Gasteiger partial charge in [-0.15, -0.1) is 0 Å². The zero-order valence-electron chi connectivity index (χ0n) is 12.3. The van der Waals surface area contributed by atoms with Gasteiger partial charge >= 0.3 is 0 Å². The Balaban J connectivity index is 2.36. The molecule has 0 aliphatic rings. The van der Waals surface area contributed by atoms with E-state index in [-0.39, 0.29) is 4.90 Å². The lowest BCUT2D eigenvalue weighted by atomic mass is 10.1. The van der Waals surface area contributed by atoms with Gasteiger partial charge in [0, 0.05) is 0 Å². The van der Waals surface area contributed by atoms with E-state index in [0.717, 1.165) is 23.1 Å². The molecule has 0 radical (unpaired) electrons. The molecule has 2 aromatic carbocycles. The van der Waals surface area contributed by atoms with Crippen LogP contribution in [0.25, 0.3) is 6.08 Å². The fourth-order valence-electron chi connectivity index (χ4n) is 2.02. The Morgan fingerprint density at radius 1 is 1.14 bits per heavy atom. The van der Waals surface area contributed by atoms with E-state index in [4.69, 9.17) is 0 Å². The van der Waals surface area contributed by atoms with Crippen molar-refractivity contribution in [2.75, 3.05) is 4.72 Å². The molecule has 2 rings (SSSR count). The fraction of sp³-hybridized carbons (Fsp3) is 0.176. The monoisotopic (exact) mass is 301 g/mol. The van der Waals surface area contributed by atoms with E-state index in [1.165, 1.54) is 0 Å². The average molecular weight is 301 g/mol. The highest BCUT2D eigenvalue weighted by atomic mass is 32.2. The second kappa shape index (κ2) is 6.14. The van der Waals surface area contributed by atoms with Gasteiger partial charge in [0.15, 0.2) is 0 Å². The average Bonchev–Trinajstić information content (AvgIpc) is 2.47. The second-order valence-electron chi connectivity index (χ2n) is 4.90. The Morgan fingerprint density at radius 3 is 2.38 bits per heavy atom. The van der Waals surface area contributed by atoms with Gasteiger partial charge in [0.1, 0.15) is 0 Å². The molecule has 21 heavy (non-hydrogen) atoms. The smallest absolute Gasteiger partial charge is 0.261 e. The molecule has 0 heterocycles. The first-order valence-electron chi connectivity index (χ1n) is 6.81.